The number of hydrogen-bond donors (Lipinski definition) is 2. The summed E-state index contributed by atoms with van der Waals surface area (Å²) in [4.78, 5) is 24.1. The third kappa shape index (κ3) is 5.12. The fraction of sp³-hybridized carbons (Fsp3) is 0.269. The van der Waals surface area contributed by atoms with Crippen LogP contribution in [0, 0.1) is 5.82 Å². The van der Waals surface area contributed by atoms with E-state index in [4.69, 9.17) is 14.2 Å². The van der Waals surface area contributed by atoms with Crippen LogP contribution < -0.4 is 15.4 Å². The van der Waals surface area contributed by atoms with E-state index in [-0.39, 0.29) is 24.1 Å². The van der Waals surface area contributed by atoms with Gasteiger partial charge in [0.1, 0.15) is 5.75 Å². The molecule has 2 fully saturated rings. The largest absolute Gasteiger partial charge is 0.453 e. The number of hydrogen-bond acceptors (Lipinski definition) is 8. The molecule has 0 bridgehead atoms. The summed E-state index contributed by atoms with van der Waals surface area (Å²) in [6.07, 6.45) is 2.99. The van der Waals surface area contributed by atoms with Gasteiger partial charge in [-0.05, 0) is 31.3 Å². The molecule has 2 aliphatic heterocycles. The van der Waals surface area contributed by atoms with Crippen molar-refractivity contribution in [2.45, 2.75) is 12.3 Å². The number of likely N-dealkylation sites (N-methyl/N-ethyl adjacent to an activating group) is 1. The van der Waals surface area contributed by atoms with Gasteiger partial charge in [-0.25, -0.2) is 9.18 Å². The van der Waals surface area contributed by atoms with E-state index in [9.17, 15) is 9.18 Å². The summed E-state index contributed by atoms with van der Waals surface area (Å²) < 4.78 is 32.6. The number of amides is 2. The fourth-order valence-electron chi connectivity index (χ4n) is 4.29. The SMILES string of the molecule is CN1CC(NC(=O)Nc2ccc(Oc3ccnc4cc(-c5ccc(C6OCCO6)cn5)sc34)c(F)c2)C1. The van der Waals surface area contributed by atoms with Gasteiger partial charge < -0.3 is 29.7 Å². The minimum Gasteiger partial charge on any atom is -0.453 e. The highest BCUT2D eigenvalue weighted by molar-refractivity contribution is 7.22. The van der Waals surface area contributed by atoms with E-state index in [1.165, 1.54) is 23.5 Å². The Kier molecular flexibility index (Phi) is 6.43. The predicted molar refractivity (Wildman–Crippen MR) is 137 cm³/mol. The Morgan fingerprint density at radius 1 is 1.11 bits per heavy atom. The summed E-state index contributed by atoms with van der Waals surface area (Å²) >= 11 is 1.46. The molecule has 9 nitrogen and oxygen atoms in total. The molecule has 0 saturated carbocycles. The minimum absolute atomic E-state index is 0.0491. The zero-order chi connectivity index (χ0) is 25.4. The average molecular weight is 522 g/mol. The molecule has 2 saturated heterocycles. The summed E-state index contributed by atoms with van der Waals surface area (Å²) in [6.45, 7) is 2.74. The molecule has 0 radical (unpaired) electrons. The highest BCUT2D eigenvalue weighted by Crippen LogP contribution is 2.39. The van der Waals surface area contributed by atoms with Crippen molar-refractivity contribution in [2.75, 3.05) is 38.7 Å². The Hall–Kier alpha value is -3.64. The highest BCUT2D eigenvalue weighted by atomic mass is 32.1. The zero-order valence-electron chi connectivity index (χ0n) is 19.9. The molecule has 190 valence electrons. The summed E-state index contributed by atoms with van der Waals surface area (Å²) in [5.74, 6) is -0.0540. The normalized spacial score (nSPS) is 16.6. The first-order valence-electron chi connectivity index (χ1n) is 11.8. The molecular formula is C26H24FN5O4S. The number of carbonyl (C=O) groups is 1. The second-order valence-electron chi connectivity index (χ2n) is 8.95. The smallest absolute Gasteiger partial charge is 0.319 e. The van der Waals surface area contributed by atoms with Crippen molar-refractivity contribution in [1.29, 1.82) is 0 Å². The molecule has 0 spiro atoms. The topological polar surface area (TPSA) is 97.8 Å². The van der Waals surface area contributed by atoms with Gasteiger partial charge in [-0.1, -0.05) is 6.07 Å². The lowest BCUT2D eigenvalue weighted by atomic mass is 10.1. The highest BCUT2D eigenvalue weighted by Gasteiger charge is 2.24. The number of nitrogens with zero attached hydrogens (tertiary/aromatic N) is 3. The van der Waals surface area contributed by atoms with Crippen LogP contribution in [0.5, 0.6) is 11.5 Å². The number of likely N-dealkylation sites (tertiary alicyclic amines) is 1. The predicted octanol–water partition coefficient (Wildman–Crippen LogP) is 4.77. The monoisotopic (exact) mass is 521 g/mol. The van der Waals surface area contributed by atoms with Gasteiger partial charge in [-0.15, -0.1) is 11.3 Å². The Morgan fingerprint density at radius 3 is 2.68 bits per heavy atom. The van der Waals surface area contributed by atoms with Crippen molar-refractivity contribution in [3.63, 3.8) is 0 Å². The first-order chi connectivity index (χ1) is 18.0. The van der Waals surface area contributed by atoms with Crippen molar-refractivity contribution < 1.29 is 23.4 Å². The van der Waals surface area contributed by atoms with Crippen molar-refractivity contribution in [1.82, 2.24) is 20.2 Å². The number of nitrogens with one attached hydrogen (secondary N) is 2. The third-order valence-electron chi connectivity index (χ3n) is 6.12. The Bertz CT molecular complexity index is 1430. The molecule has 2 aliphatic rings. The number of ether oxygens (including phenoxy) is 3. The van der Waals surface area contributed by atoms with Gasteiger partial charge in [-0.2, -0.15) is 0 Å². The second kappa shape index (κ2) is 10.0. The number of carbonyl (C=O) groups excluding carboxylic acids is 1. The van der Waals surface area contributed by atoms with E-state index in [0.717, 1.165) is 39.4 Å². The molecule has 11 heteroatoms. The summed E-state index contributed by atoms with van der Waals surface area (Å²) in [5, 5.41) is 5.52. The molecule has 0 aliphatic carbocycles. The summed E-state index contributed by atoms with van der Waals surface area (Å²) in [5.41, 5.74) is 2.72. The number of halogens is 1. The van der Waals surface area contributed by atoms with Gasteiger partial charge in [0.05, 0.1) is 40.0 Å². The molecule has 0 unspecified atom stereocenters. The number of anilines is 1. The molecule has 2 amide bonds. The van der Waals surface area contributed by atoms with Crippen molar-refractivity contribution in [3.8, 4) is 22.1 Å². The maximum atomic E-state index is 14.9. The minimum atomic E-state index is -0.587. The molecule has 3 aromatic heterocycles. The van der Waals surface area contributed by atoms with Crippen molar-refractivity contribution in [2.24, 2.45) is 0 Å². The zero-order valence-corrected chi connectivity index (χ0v) is 20.8. The molecule has 2 N–H and O–H groups in total. The molecule has 0 atom stereocenters. The standard InChI is InChI=1S/C26H24FN5O4S/c1-32-13-17(14-32)31-26(33)30-16-3-5-21(18(27)10-16)36-22-6-7-28-20-11-23(37-24(20)22)19-4-2-15(12-29-19)25-34-8-9-35-25/h2-7,10-12,17,25H,8-9,13-14H2,1H3,(H2,30,31,33). The van der Waals surface area contributed by atoms with Gasteiger partial charge in [-0.3, -0.25) is 9.97 Å². The van der Waals surface area contributed by atoms with Gasteiger partial charge in [0.25, 0.3) is 0 Å². The van der Waals surface area contributed by atoms with Gasteiger partial charge >= 0.3 is 6.03 Å². The number of pyridine rings is 2. The first kappa shape index (κ1) is 23.7. The Balaban J connectivity index is 1.17. The van der Waals surface area contributed by atoms with E-state index >= 15 is 0 Å². The lowest BCUT2D eigenvalue weighted by Gasteiger charge is -2.36. The van der Waals surface area contributed by atoms with Gasteiger partial charge in [0.2, 0.25) is 0 Å². The Morgan fingerprint density at radius 2 is 1.95 bits per heavy atom. The van der Waals surface area contributed by atoms with Crippen LogP contribution in [-0.4, -0.2) is 60.3 Å². The number of urea groups is 1. The van der Waals surface area contributed by atoms with E-state index in [1.807, 2.05) is 25.2 Å². The van der Waals surface area contributed by atoms with Crippen molar-refractivity contribution >= 4 is 33.3 Å². The number of rotatable bonds is 6. The van der Waals surface area contributed by atoms with E-state index < -0.39 is 5.82 Å². The van der Waals surface area contributed by atoms with Crippen LogP contribution in [0.4, 0.5) is 14.9 Å². The second-order valence-corrected chi connectivity index (χ2v) is 10.0. The van der Waals surface area contributed by atoms with E-state index in [0.29, 0.717) is 24.7 Å². The Labute approximate surface area is 216 Å². The van der Waals surface area contributed by atoms with Crippen LogP contribution >= 0.6 is 11.3 Å². The van der Waals surface area contributed by atoms with E-state index in [1.54, 1.807) is 24.5 Å². The lowest BCUT2D eigenvalue weighted by Crippen LogP contribution is -2.58. The van der Waals surface area contributed by atoms with Crippen molar-refractivity contribution in [3.05, 3.63) is 66.2 Å². The van der Waals surface area contributed by atoms with Crippen LogP contribution in [0.3, 0.4) is 0 Å². The number of benzene rings is 1. The first-order valence-corrected chi connectivity index (χ1v) is 12.6. The average Bonchev–Trinajstić information content (AvgIpc) is 3.56. The number of aromatic nitrogens is 2. The van der Waals surface area contributed by atoms with Gasteiger partial charge in [0.15, 0.2) is 17.9 Å². The van der Waals surface area contributed by atoms with Crippen LogP contribution in [-0.2, 0) is 9.47 Å². The van der Waals surface area contributed by atoms with Crippen LogP contribution in [0.15, 0.2) is 54.9 Å². The summed E-state index contributed by atoms with van der Waals surface area (Å²) in [7, 11) is 1.98. The van der Waals surface area contributed by atoms with Crippen LogP contribution in [0.2, 0.25) is 0 Å². The maximum Gasteiger partial charge on any atom is 0.319 e. The number of thiophene rings is 1. The summed E-state index contributed by atoms with van der Waals surface area (Å²) in [6, 6.07) is 11.6. The van der Waals surface area contributed by atoms with Crippen LogP contribution in [0.25, 0.3) is 20.8 Å². The molecule has 6 rings (SSSR count). The number of fused-ring (bicyclic) bond motifs is 1. The molecule has 4 aromatic rings. The van der Waals surface area contributed by atoms with Crippen LogP contribution in [0.1, 0.15) is 11.9 Å². The van der Waals surface area contributed by atoms with Gasteiger partial charge in [0, 0.05) is 48.9 Å². The fourth-order valence-corrected chi connectivity index (χ4v) is 5.33. The van der Waals surface area contributed by atoms with E-state index in [2.05, 4.69) is 25.5 Å². The quantitative estimate of drug-likeness (QED) is 0.377. The lowest BCUT2D eigenvalue weighted by molar-refractivity contribution is -0.0443. The maximum absolute atomic E-state index is 14.9. The third-order valence-corrected chi connectivity index (χ3v) is 7.28. The molecule has 1 aromatic carbocycles. The molecule has 5 heterocycles. The molecule has 37 heavy (non-hydrogen) atoms. The molecular weight excluding hydrogens is 497 g/mol.